The molecule has 0 radical (unpaired) electrons. The second kappa shape index (κ2) is 3.03. The maximum absolute atomic E-state index is 11.1. The fraction of sp³-hybridized carbons (Fsp3) is 0.875. The van der Waals surface area contributed by atoms with Gasteiger partial charge < -0.3 is 9.64 Å². The number of carbonyl (C=O) groups is 1. The van der Waals surface area contributed by atoms with Gasteiger partial charge in [0.1, 0.15) is 5.60 Å². The van der Waals surface area contributed by atoms with Crippen LogP contribution in [0.15, 0.2) is 0 Å². The summed E-state index contributed by atoms with van der Waals surface area (Å²) in [7, 11) is 2.07. The Morgan fingerprint density at radius 1 is 1.46 bits per heavy atom. The van der Waals surface area contributed by atoms with E-state index in [-0.39, 0.29) is 5.60 Å². The highest BCUT2D eigenvalue weighted by molar-refractivity contribution is 6.20. The zero-order valence-electron chi connectivity index (χ0n) is 7.62. The van der Waals surface area contributed by atoms with Gasteiger partial charge in [-0.2, -0.15) is 0 Å². The van der Waals surface area contributed by atoms with Gasteiger partial charge in [0.2, 0.25) is 0 Å². The summed E-state index contributed by atoms with van der Waals surface area (Å²) in [4.78, 5) is 13.3. The van der Waals surface area contributed by atoms with Crippen LogP contribution in [0.5, 0.6) is 0 Å². The number of amides is 1. The maximum atomic E-state index is 11.1. The fourth-order valence-corrected chi connectivity index (χ4v) is 2.12. The van der Waals surface area contributed by atoms with Crippen LogP contribution in [0.1, 0.15) is 12.8 Å². The molecule has 2 aliphatic rings. The molecule has 1 amide bonds. The van der Waals surface area contributed by atoms with E-state index in [0.717, 1.165) is 30.4 Å². The molecule has 2 heterocycles. The van der Waals surface area contributed by atoms with E-state index in [4.69, 9.17) is 16.5 Å². The molecule has 2 aliphatic heterocycles. The van der Waals surface area contributed by atoms with Crippen molar-refractivity contribution in [3.05, 3.63) is 0 Å². The van der Waals surface area contributed by atoms with Crippen LogP contribution in [0.3, 0.4) is 0 Å². The van der Waals surface area contributed by atoms with Crippen LogP contribution in [0.4, 0.5) is 4.79 Å². The number of ether oxygens (including phenoxy) is 1. The summed E-state index contributed by atoms with van der Waals surface area (Å²) in [5.41, 5.74) is -0.300. The quantitative estimate of drug-likeness (QED) is 0.553. The van der Waals surface area contributed by atoms with E-state index in [1.54, 1.807) is 0 Å². The Hall–Kier alpha value is -0.480. The topological polar surface area (TPSA) is 32.8 Å². The molecule has 2 rings (SSSR count). The molecule has 0 saturated carbocycles. The third kappa shape index (κ3) is 1.60. The van der Waals surface area contributed by atoms with E-state index < -0.39 is 6.09 Å². The molecular weight excluding hydrogens is 192 g/mol. The van der Waals surface area contributed by atoms with Crippen molar-refractivity contribution in [1.82, 2.24) is 9.32 Å². The van der Waals surface area contributed by atoms with Crippen molar-refractivity contribution in [1.29, 1.82) is 0 Å². The molecule has 0 aromatic rings. The van der Waals surface area contributed by atoms with E-state index in [1.165, 1.54) is 0 Å². The van der Waals surface area contributed by atoms with Crippen LogP contribution in [0, 0.1) is 0 Å². The van der Waals surface area contributed by atoms with Crippen LogP contribution in [0.25, 0.3) is 0 Å². The lowest BCUT2D eigenvalue weighted by Crippen LogP contribution is -2.44. The standard InChI is InChI=1S/C8H13ClN2O2/c1-10-4-2-8(3-5-10)6-11(9)7(12)13-8/h2-6H2,1H3. The van der Waals surface area contributed by atoms with Gasteiger partial charge in [-0.1, -0.05) is 0 Å². The number of rotatable bonds is 0. The van der Waals surface area contributed by atoms with E-state index in [2.05, 4.69) is 11.9 Å². The Morgan fingerprint density at radius 3 is 2.54 bits per heavy atom. The van der Waals surface area contributed by atoms with Gasteiger partial charge in [0.05, 0.1) is 6.54 Å². The maximum Gasteiger partial charge on any atom is 0.425 e. The van der Waals surface area contributed by atoms with Gasteiger partial charge in [-0.05, 0) is 7.05 Å². The Labute approximate surface area is 82.5 Å². The Morgan fingerprint density at radius 2 is 2.08 bits per heavy atom. The smallest absolute Gasteiger partial charge is 0.425 e. The zero-order valence-corrected chi connectivity index (χ0v) is 8.38. The first kappa shape index (κ1) is 9.09. The van der Waals surface area contributed by atoms with Crippen LogP contribution >= 0.6 is 11.8 Å². The van der Waals surface area contributed by atoms with Crippen molar-refractivity contribution >= 4 is 17.9 Å². The van der Waals surface area contributed by atoms with Crippen molar-refractivity contribution in [2.75, 3.05) is 26.7 Å². The minimum atomic E-state index is -0.397. The summed E-state index contributed by atoms with van der Waals surface area (Å²) in [5.74, 6) is 0. The average molecular weight is 205 g/mol. The minimum absolute atomic E-state index is 0.300. The number of hydrogen-bond donors (Lipinski definition) is 0. The van der Waals surface area contributed by atoms with Crippen LogP contribution in [0.2, 0.25) is 0 Å². The third-order valence-electron chi connectivity index (χ3n) is 2.83. The molecule has 0 aliphatic carbocycles. The highest BCUT2D eigenvalue weighted by Gasteiger charge is 2.46. The van der Waals surface area contributed by atoms with Gasteiger partial charge in [0.25, 0.3) is 0 Å². The van der Waals surface area contributed by atoms with E-state index in [9.17, 15) is 4.79 Å². The molecule has 2 fully saturated rings. The Balaban J connectivity index is 2.03. The lowest BCUT2D eigenvalue weighted by Gasteiger charge is -2.35. The number of piperidine rings is 1. The first-order valence-corrected chi connectivity index (χ1v) is 4.80. The minimum Gasteiger partial charge on any atom is -0.440 e. The van der Waals surface area contributed by atoms with Gasteiger partial charge in [0, 0.05) is 37.7 Å². The normalized spacial score (nSPS) is 28.2. The number of carbonyl (C=O) groups excluding carboxylic acids is 1. The molecule has 13 heavy (non-hydrogen) atoms. The van der Waals surface area contributed by atoms with Gasteiger partial charge in [-0.25, -0.2) is 9.21 Å². The summed E-state index contributed by atoms with van der Waals surface area (Å²) in [5, 5.41) is 0. The highest BCUT2D eigenvalue weighted by Crippen LogP contribution is 2.33. The average Bonchev–Trinajstić information content (AvgIpc) is 2.36. The predicted molar refractivity (Wildman–Crippen MR) is 48.5 cm³/mol. The molecule has 0 atom stereocenters. The van der Waals surface area contributed by atoms with Crippen LogP contribution < -0.4 is 0 Å². The lowest BCUT2D eigenvalue weighted by molar-refractivity contribution is 0.00667. The molecule has 5 heteroatoms. The molecule has 0 aromatic carbocycles. The third-order valence-corrected chi connectivity index (χ3v) is 3.08. The second-order valence-electron chi connectivity index (χ2n) is 3.87. The highest BCUT2D eigenvalue weighted by atomic mass is 35.5. The molecule has 0 aromatic heterocycles. The van der Waals surface area contributed by atoms with E-state index in [1.807, 2.05) is 0 Å². The summed E-state index contributed by atoms with van der Waals surface area (Å²) in [6, 6.07) is 0. The molecule has 4 nitrogen and oxygen atoms in total. The first-order chi connectivity index (χ1) is 6.11. The monoisotopic (exact) mass is 204 g/mol. The molecule has 0 bridgehead atoms. The Kier molecular flexibility index (Phi) is 2.12. The first-order valence-electron chi connectivity index (χ1n) is 4.46. The Bertz CT molecular complexity index is 226. The van der Waals surface area contributed by atoms with Crippen molar-refractivity contribution < 1.29 is 9.53 Å². The predicted octanol–water partition coefficient (Wildman–Crippen LogP) is 1.06. The lowest BCUT2D eigenvalue weighted by atomic mass is 9.92. The molecule has 0 unspecified atom stereocenters. The van der Waals surface area contributed by atoms with Crippen molar-refractivity contribution in [3.8, 4) is 0 Å². The van der Waals surface area contributed by atoms with Crippen molar-refractivity contribution in [3.63, 3.8) is 0 Å². The molecule has 74 valence electrons. The summed E-state index contributed by atoms with van der Waals surface area (Å²) < 4.78 is 6.42. The van der Waals surface area contributed by atoms with Crippen molar-refractivity contribution in [2.24, 2.45) is 0 Å². The number of nitrogens with zero attached hydrogens (tertiary/aromatic N) is 2. The van der Waals surface area contributed by atoms with E-state index in [0.29, 0.717) is 6.54 Å². The van der Waals surface area contributed by atoms with Gasteiger partial charge in [0.15, 0.2) is 0 Å². The molecule has 0 N–H and O–H groups in total. The molecule has 2 saturated heterocycles. The fourth-order valence-electron chi connectivity index (χ4n) is 1.87. The summed E-state index contributed by atoms with van der Waals surface area (Å²) in [6.45, 7) is 2.47. The zero-order chi connectivity index (χ0) is 9.47. The van der Waals surface area contributed by atoms with E-state index >= 15 is 0 Å². The van der Waals surface area contributed by atoms with Crippen molar-refractivity contribution in [2.45, 2.75) is 18.4 Å². The molecule has 1 spiro atoms. The van der Waals surface area contributed by atoms with Gasteiger partial charge >= 0.3 is 6.09 Å². The SMILES string of the molecule is CN1CCC2(CC1)CN(Cl)C(=O)O2. The van der Waals surface area contributed by atoms with Crippen LogP contribution in [-0.2, 0) is 4.74 Å². The van der Waals surface area contributed by atoms with Crippen LogP contribution in [-0.4, -0.2) is 47.7 Å². The summed E-state index contributed by atoms with van der Waals surface area (Å²) in [6.07, 6.45) is 1.38. The largest absolute Gasteiger partial charge is 0.440 e. The van der Waals surface area contributed by atoms with Gasteiger partial charge in [-0.15, -0.1) is 0 Å². The molecular formula is C8H13ClN2O2. The number of halogens is 1. The number of hydrogen-bond acceptors (Lipinski definition) is 3. The second-order valence-corrected chi connectivity index (χ2v) is 4.28. The summed E-state index contributed by atoms with van der Waals surface area (Å²) >= 11 is 5.67. The number of likely N-dealkylation sites (tertiary alicyclic amines) is 1. The van der Waals surface area contributed by atoms with Gasteiger partial charge in [-0.3, -0.25) is 0 Å².